The van der Waals surface area contributed by atoms with Crippen molar-refractivity contribution < 1.29 is 0 Å². The van der Waals surface area contributed by atoms with Crippen LogP contribution in [0.2, 0.25) is 0 Å². The molecule has 2 fully saturated rings. The predicted octanol–water partition coefficient (Wildman–Crippen LogP) is 0.447. The lowest BCUT2D eigenvalue weighted by Crippen LogP contribution is -2.31. The van der Waals surface area contributed by atoms with Gasteiger partial charge in [0.25, 0.3) is 5.56 Å². The zero-order valence-electron chi connectivity index (χ0n) is 9.91. The number of aromatic nitrogens is 2. The summed E-state index contributed by atoms with van der Waals surface area (Å²) in [6, 6.07) is 1.65. The maximum atomic E-state index is 11.6. The van der Waals surface area contributed by atoms with Gasteiger partial charge in [-0.15, -0.1) is 0 Å². The molecule has 0 aromatic carbocycles. The Balaban J connectivity index is 1.87. The lowest BCUT2D eigenvalue weighted by molar-refractivity contribution is 0.724. The van der Waals surface area contributed by atoms with Crippen molar-refractivity contribution in [3.63, 3.8) is 0 Å². The summed E-state index contributed by atoms with van der Waals surface area (Å²) < 4.78 is 0. The van der Waals surface area contributed by atoms with Crippen molar-refractivity contribution in [1.82, 2.24) is 15.3 Å². The van der Waals surface area contributed by atoms with E-state index in [1.165, 1.54) is 12.8 Å². The summed E-state index contributed by atoms with van der Waals surface area (Å²) in [6.07, 6.45) is 3.45. The van der Waals surface area contributed by atoms with Gasteiger partial charge in [0, 0.05) is 31.6 Å². The minimum absolute atomic E-state index is 0.0193. The molecule has 0 amide bonds. The Bertz CT molecular complexity index is 444. The van der Waals surface area contributed by atoms with Crippen LogP contribution in [0.5, 0.6) is 0 Å². The van der Waals surface area contributed by atoms with E-state index >= 15 is 0 Å². The van der Waals surface area contributed by atoms with Crippen LogP contribution in [0.4, 0.5) is 5.95 Å². The highest BCUT2D eigenvalue weighted by atomic mass is 16.1. The minimum atomic E-state index is -0.0193. The lowest BCUT2D eigenvalue weighted by Gasteiger charge is -2.20. The maximum Gasteiger partial charge on any atom is 0.252 e. The number of nitrogens with zero attached hydrogens (tertiary/aromatic N) is 2. The third-order valence-electron chi connectivity index (χ3n) is 3.38. The number of anilines is 1. The summed E-state index contributed by atoms with van der Waals surface area (Å²) in [4.78, 5) is 21.3. The van der Waals surface area contributed by atoms with Crippen molar-refractivity contribution >= 4 is 5.95 Å². The van der Waals surface area contributed by atoms with Gasteiger partial charge in [-0.1, -0.05) is 0 Å². The highest BCUT2D eigenvalue weighted by Gasteiger charge is 2.26. The molecule has 2 heterocycles. The van der Waals surface area contributed by atoms with E-state index in [4.69, 9.17) is 0 Å². The maximum absolute atomic E-state index is 11.6. The van der Waals surface area contributed by atoms with Gasteiger partial charge in [-0.05, 0) is 25.8 Å². The van der Waals surface area contributed by atoms with E-state index in [1.54, 1.807) is 6.07 Å². The van der Waals surface area contributed by atoms with Crippen LogP contribution in [-0.4, -0.2) is 36.1 Å². The van der Waals surface area contributed by atoms with Crippen molar-refractivity contribution in [2.75, 3.05) is 31.1 Å². The van der Waals surface area contributed by atoms with Gasteiger partial charge in [-0.25, -0.2) is 4.98 Å². The van der Waals surface area contributed by atoms with E-state index in [2.05, 4.69) is 20.2 Å². The molecule has 1 aliphatic carbocycles. The standard InChI is InChI=1S/C12H18N4O/c17-11-8-10(9-2-3-9)14-12(15-11)16-6-1-4-13-5-7-16/h8-9,13H,1-7H2,(H,14,15,17). The fourth-order valence-electron chi connectivity index (χ4n) is 2.26. The predicted molar refractivity (Wildman–Crippen MR) is 66.5 cm³/mol. The first-order chi connectivity index (χ1) is 8.33. The van der Waals surface area contributed by atoms with Crippen molar-refractivity contribution in [2.45, 2.75) is 25.2 Å². The number of hydrogen-bond donors (Lipinski definition) is 2. The number of rotatable bonds is 2. The molecule has 0 bridgehead atoms. The van der Waals surface area contributed by atoms with Gasteiger partial charge in [0.1, 0.15) is 0 Å². The summed E-state index contributed by atoms with van der Waals surface area (Å²) in [5.74, 6) is 1.28. The SMILES string of the molecule is O=c1cc(C2CC2)nc(N2CCCNCC2)[nH]1. The van der Waals surface area contributed by atoms with Crippen molar-refractivity contribution in [2.24, 2.45) is 0 Å². The molecule has 0 radical (unpaired) electrons. The molecule has 92 valence electrons. The zero-order valence-corrected chi connectivity index (χ0v) is 9.91. The molecule has 5 heteroatoms. The summed E-state index contributed by atoms with van der Waals surface area (Å²) in [5.41, 5.74) is 0.954. The second kappa shape index (κ2) is 4.49. The fourth-order valence-corrected chi connectivity index (χ4v) is 2.26. The van der Waals surface area contributed by atoms with Gasteiger partial charge < -0.3 is 10.2 Å². The van der Waals surface area contributed by atoms with Gasteiger partial charge in [0.15, 0.2) is 0 Å². The Kier molecular flexibility index (Phi) is 2.84. The lowest BCUT2D eigenvalue weighted by atomic mass is 10.3. The molecule has 1 saturated heterocycles. The number of H-pyrrole nitrogens is 1. The molecule has 5 nitrogen and oxygen atoms in total. The normalized spacial score (nSPS) is 21.3. The summed E-state index contributed by atoms with van der Waals surface area (Å²) in [6.45, 7) is 3.88. The van der Waals surface area contributed by atoms with Crippen LogP contribution in [0.1, 0.15) is 30.9 Å². The Morgan fingerprint density at radius 2 is 2.18 bits per heavy atom. The highest BCUT2D eigenvalue weighted by Crippen LogP contribution is 2.38. The molecule has 2 aliphatic rings. The summed E-state index contributed by atoms with van der Waals surface area (Å²) in [5, 5.41) is 3.35. The van der Waals surface area contributed by atoms with E-state index in [-0.39, 0.29) is 5.56 Å². The van der Waals surface area contributed by atoms with Crippen molar-refractivity contribution in [3.05, 3.63) is 22.1 Å². The average molecular weight is 234 g/mol. The Hall–Kier alpha value is -1.36. The van der Waals surface area contributed by atoms with E-state index in [0.717, 1.165) is 44.2 Å². The Morgan fingerprint density at radius 3 is 3.00 bits per heavy atom. The Labute approximate surface area is 100 Å². The third kappa shape index (κ3) is 2.49. The second-order valence-electron chi connectivity index (χ2n) is 4.86. The molecule has 17 heavy (non-hydrogen) atoms. The van der Waals surface area contributed by atoms with Crippen LogP contribution < -0.4 is 15.8 Å². The minimum Gasteiger partial charge on any atom is -0.341 e. The largest absolute Gasteiger partial charge is 0.341 e. The van der Waals surface area contributed by atoms with Crippen LogP contribution in [0.15, 0.2) is 10.9 Å². The Morgan fingerprint density at radius 1 is 1.29 bits per heavy atom. The van der Waals surface area contributed by atoms with E-state index in [0.29, 0.717) is 5.92 Å². The highest BCUT2D eigenvalue weighted by molar-refractivity contribution is 5.32. The first-order valence-corrected chi connectivity index (χ1v) is 6.40. The first kappa shape index (κ1) is 10.8. The molecule has 3 rings (SSSR count). The van der Waals surface area contributed by atoms with E-state index in [1.807, 2.05) is 0 Å². The smallest absolute Gasteiger partial charge is 0.252 e. The molecule has 1 aliphatic heterocycles. The molecular weight excluding hydrogens is 216 g/mol. The van der Waals surface area contributed by atoms with E-state index < -0.39 is 0 Å². The van der Waals surface area contributed by atoms with Gasteiger partial charge >= 0.3 is 0 Å². The van der Waals surface area contributed by atoms with Crippen LogP contribution in [-0.2, 0) is 0 Å². The number of nitrogens with one attached hydrogen (secondary N) is 2. The van der Waals surface area contributed by atoms with Crippen LogP contribution in [0, 0.1) is 0 Å². The summed E-state index contributed by atoms with van der Waals surface area (Å²) in [7, 11) is 0. The number of aromatic amines is 1. The first-order valence-electron chi connectivity index (χ1n) is 6.40. The average Bonchev–Trinajstić information content (AvgIpc) is 3.16. The fraction of sp³-hybridized carbons (Fsp3) is 0.667. The van der Waals surface area contributed by atoms with Crippen LogP contribution in [0.25, 0.3) is 0 Å². The molecule has 0 spiro atoms. The van der Waals surface area contributed by atoms with Crippen molar-refractivity contribution in [1.29, 1.82) is 0 Å². The molecular formula is C12H18N4O. The molecule has 2 N–H and O–H groups in total. The quantitative estimate of drug-likeness (QED) is 0.780. The van der Waals surface area contributed by atoms with Crippen LogP contribution >= 0.6 is 0 Å². The van der Waals surface area contributed by atoms with Gasteiger partial charge in [0.05, 0.1) is 5.69 Å². The molecule has 0 atom stereocenters. The monoisotopic (exact) mass is 234 g/mol. The van der Waals surface area contributed by atoms with E-state index in [9.17, 15) is 4.79 Å². The molecule has 1 aromatic heterocycles. The summed E-state index contributed by atoms with van der Waals surface area (Å²) >= 11 is 0. The molecule has 0 unspecified atom stereocenters. The topological polar surface area (TPSA) is 61.0 Å². The van der Waals surface area contributed by atoms with Gasteiger partial charge in [-0.2, -0.15) is 0 Å². The van der Waals surface area contributed by atoms with Crippen LogP contribution in [0.3, 0.4) is 0 Å². The van der Waals surface area contributed by atoms with Crippen molar-refractivity contribution in [3.8, 4) is 0 Å². The third-order valence-corrected chi connectivity index (χ3v) is 3.38. The van der Waals surface area contributed by atoms with Gasteiger partial charge in [-0.3, -0.25) is 9.78 Å². The molecule has 1 saturated carbocycles. The second-order valence-corrected chi connectivity index (χ2v) is 4.86. The molecule has 1 aromatic rings. The number of hydrogen-bond acceptors (Lipinski definition) is 4. The zero-order chi connectivity index (χ0) is 11.7. The van der Waals surface area contributed by atoms with Gasteiger partial charge in [0.2, 0.25) is 5.95 Å².